The zero-order chi connectivity index (χ0) is 26.0. The van der Waals surface area contributed by atoms with Crippen molar-refractivity contribution in [2.45, 2.75) is 13.1 Å². The predicted octanol–water partition coefficient (Wildman–Crippen LogP) is 9.55. The Kier molecular flexibility index (Phi) is 6.38. The molecule has 5 aromatic carbocycles. The van der Waals surface area contributed by atoms with Gasteiger partial charge in [0.2, 0.25) is 0 Å². The van der Waals surface area contributed by atoms with Gasteiger partial charge >= 0.3 is 6.18 Å². The van der Waals surface area contributed by atoms with Crippen molar-refractivity contribution in [2.75, 3.05) is 0 Å². The summed E-state index contributed by atoms with van der Waals surface area (Å²) in [7, 11) is 0. The lowest BCUT2D eigenvalue weighted by atomic mass is 9.84. The molecule has 0 amide bonds. The van der Waals surface area contributed by atoms with E-state index in [1.54, 1.807) is 25.1 Å². The van der Waals surface area contributed by atoms with Gasteiger partial charge in [0, 0.05) is 11.1 Å². The normalized spacial score (nSPS) is 11.2. The van der Waals surface area contributed by atoms with Crippen molar-refractivity contribution in [3.63, 3.8) is 0 Å². The van der Waals surface area contributed by atoms with Gasteiger partial charge in [-0.3, -0.25) is 0 Å². The molecule has 4 heteroatoms. The smallest absolute Gasteiger partial charge is 0.192 e. The number of halogens is 3. The Bertz CT molecular complexity index is 1610. The SMILES string of the molecule is Cc1cc(C(F)(F)F)c(-c2cccc(-c3ccccc3)c2)c(C#N)c1-c1cccc(-c2ccccc2)c1. The molecule has 0 aliphatic heterocycles. The van der Waals surface area contributed by atoms with Crippen molar-refractivity contribution in [1.82, 2.24) is 0 Å². The maximum absolute atomic E-state index is 14.4. The molecule has 0 radical (unpaired) electrons. The first-order valence-electron chi connectivity index (χ1n) is 11.8. The molecule has 0 heterocycles. The lowest BCUT2D eigenvalue weighted by molar-refractivity contribution is -0.137. The average molecular weight is 490 g/mol. The van der Waals surface area contributed by atoms with Crippen LogP contribution >= 0.6 is 0 Å². The van der Waals surface area contributed by atoms with E-state index in [0.29, 0.717) is 22.3 Å². The van der Waals surface area contributed by atoms with Crippen LogP contribution in [0.2, 0.25) is 0 Å². The summed E-state index contributed by atoms with van der Waals surface area (Å²) in [5.74, 6) is 0. The largest absolute Gasteiger partial charge is 0.417 e. The molecule has 0 spiro atoms. The molecule has 180 valence electrons. The van der Waals surface area contributed by atoms with E-state index < -0.39 is 11.7 Å². The van der Waals surface area contributed by atoms with Gasteiger partial charge < -0.3 is 0 Å². The van der Waals surface area contributed by atoms with E-state index in [4.69, 9.17) is 0 Å². The number of hydrogen-bond donors (Lipinski definition) is 0. The van der Waals surface area contributed by atoms with Gasteiger partial charge in [0.05, 0.1) is 11.1 Å². The van der Waals surface area contributed by atoms with Crippen LogP contribution < -0.4 is 0 Å². The van der Waals surface area contributed by atoms with Crippen molar-refractivity contribution < 1.29 is 13.2 Å². The lowest BCUT2D eigenvalue weighted by Crippen LogP contribution is -2.10. The number of nitriles is 1. The predicted molar refractivity (Wildman–Crippen MR) is 143 cm³/mol. The molecule has 0 N–H and O–H groups in total. The van der Waals surface area contributed by atoms with Crippen molar-refractivity contribution in [3.8, 4) is 50.6 Å². The highest BCUT2D eigenvalue weighted by molar-refractivity contribution is 5.88. The molecule has 0 unspecified atom stereocenters. The van der Waals surface area contributed by atoms with E-state index >= 15 is 0 Å². The van der Waals surface area contributed by atoms with Crippen LogP contribution in [0.25, 0.3) is 44.5 Å². The first-order valence-corrected chi connectivity index (χ1v) is 11.8. The van der Waals surface area contributed by atoms with Crippen LogP contribution in [0.5, 0.6) is 0 Å². The third kappa shape index (κ3) is 4.77. The topological polar surface area (TPSA) is 23.8 Å². The fourth-order valence-electron chi connectivity index (χ4n) is 4.79. The molecule has 5 aromatic rings. The third-order valence-corrected chi connectivity index (χ3v) is 6.46. The maximum Gasteiger partial charge on any atom is 0.417 e. The molecule has 5 rings (SSSR count). The second kappa shape index (κ2) is 9.79. The second-order valence-corrected chi connectivity index (χ2v) is 8.87. The van der Waals surface area contributed by atoms with Gasteiger partial charge in [0.25, 0.3) is 0 Å². The Morgan fingerprint density at radius 2 is 0.973 bits per heavy atom. The van der Waals surface area contributed by atoms with E-state index in [0.717, 1.165) is 28.3 Å². The van der Waals surface area contributed by atoms with Gasteiger partial charge in [0.1, 0.15) is 6.07 Å². The first-order chi connectivity index (χ1) is 17.9. The number of alkyl halides is 3. The van der Waals surface area contributed by atoms with Crippen molar-refractivity contribution >= 4 is 0 Å². The molecule has 37 heavy (non-hydrogen) atoms. The van der Waals surface area contributed by atoms with E-state index in [-0.39, 0.29) is 11.1 Å². The molecular weight excluding hydrogens is 467 g/mol. The number of benzene rings is 5. The van der Waals surface area contributed by atoms with Gasteiger partial charge in [-0.1, -0.05) is 97.1 Å². The molecule has 0 saturated heterocycles. The van der Waals surface area contributed by atoms with Gasteiger partial charge in [-0.05, 0) is 64.1 Å². The second-order valence-electron chi connectivity index (χ2n) is 8.87. The Balaban J connectivity index is 1.77. The third-order valence-electron chi connectivity index (χ3n) is 6.46. The Hall–Kier alpha value is -4.62. The van der Waals surface area contributed by atoms with Crippen LogP contribution in [0.4, 0.5) is 13.2 Å². The van der Waals surface area contributed by atoms with Gasteiger partial charge in [-0.25, -0.2) is 0 Å². The summed E-state index contributed by atoms with van der Waals surface area (Å²) in [5.41, 5.74) is 4.65. The molecular formula is C33H22F3N. The van der Waals surface area contributed by atoms with Crippen LogP contribution in [0.3, 0.4) is 0 Å². The monoisotopic (exact) mass is 489 g/mol. The average Bonchev–Trinajstić information content (AvgIpc) is 2.93. The highest BCUT2D eigenvalue weighted by Gasteiger charge is 2.36. The van der Waals surface area contributed by atoms with Crippen LogP contribution in [0, 0.1) is 18.3 Å². The van der Waals surface area contributed by atoms with E-state index in [1.165, 1.54) is 0 Å². The number of nitrogens with zero attached hydrogens (tertiary/aromatic N) is 1. The minimum Gasteiger partial charge on any atom is -0.192 e. The fourth-order valence-corrected chi connectivity index (χ4v) is 4.79. The quantitative estimate of drug-likeness (QED) is 0.247. The standard InChI is InChI=1S/C33H22F3N/c1-22-18-30(33(34,35)36)32(28-17-9-15-26(20-28)24-12-6-3-7-13-24)29(21-37)31(22)27-16-8-14-25(19-27)23-10-4-2-5-11-23/h2-20H,1H3. The molecule has 0 bridgehead atoms. The van der Waals surface area contributed by atoms with Crippen LogP contribution in [-0.2, 0) is 6.18 Å². The summed E-state index contributed by atoms with van der Waals surface area (Å²) in [6.07, 6.45) is -4.63. The van der Waals surface area contributed by atoms with Crippen LogP contribution in [0.1, 0.15) is 16.7 Å². The van der Waals surface area contributed by atoms with Crippen LogP contribution in [0.15, 0.2) is 115 Å². The minimum atomic E-state index is -4.63. The highest BCUT2D eigenvalue weighted by Crippen LogP contribution is 2.45. The number of rotatable bonds is 4. The Labute approximate surface area is 214 Å². The Morgan fingerprint density at radius 3 is 1.43 bits per heavy atom. The minimum absolute atomic E-state index is 0.0164. The number of hydrogen-bond acceptors (Lipinski definition) is 1. The van der Waals surface area contributed by atoms with Crippen molar-refractivity contribution in [1.29, 1.82) is 5.26 Å². The highest BCUT2D eigenvalue weighted by atomic mass is 19.4. The van der Waals surface area contributed by atoms with Gasteiger partial charge in [-0.2, -0.15) is 18.4 Å². The molecule has 0 atom stereocenters. The first kappa shape index (κ1) is 24.1. The van der Waals surface area contributed by atoms with Crippen molar-refractivity contribution in [2.24, 2.45) is 0 Å². The molecule has 0 aliphatic rings. The maximum atomic E-state index is 14.4. The number of aryl methyl sites for hydroxylation is 1. The van der Waals surface area contributed by atoms with Gasteiger partial charge in [-0.15, -0.1) is 0 Å². The fraction of sp³-hybridized carbons (Fsp3) is 0.0606. The summed E-state index contributed by atoms with van der Waals surface area (Å²) < 4.78 is 43.1. The summed E-state index contributed by atoms with van der Waals surface area (Å²) in [4.78, 5) is 0. The van der Waals surface area contributed by atoms with Crippen molar-refractivity contribution in [3.05, 3.63) is 132 Å². The molecule has 0 aromatic heterocycles. The summed E-state index contributed by atoms with van der Waals surface area (Å²) >= 11 is 0. The van der Waals surface area contributed by atoms with Gasteiger partial charge in [0.15, 0.2) is 0 Å². The zero-order valence-corrected chi connectivity index (χ0v) is 20.1. The summed E-state index contributed by atoms with van der Waals surface area (Å²) in [5, 5.41) is 10.3. The molecule has 0 fully saturated rings. The molecule has 0 saturated carbocycles. The van der Waals surface area contributed by atoms with Crippen LogP contribution in [-0.4, -0.2) is 0 Å². The van der Waals surface area contributed by atoms with E-state index in [1.807, 2.05) is 91.0 Å². The summed E-state index contributed by atoms with van der Waals surface area (Å²) in [6.45, 7) is 1.63. The molecule has 0 aliphatic carbocycles. The lowest BCUT2D eigenvalue weighted by Gasteiger charge is -2.20. The Morgan fingerprint density at radius 1 is 0.541 bits per heavy atom. The van der Waals surface area contributed by atoms with E-state index in [2.05, 4.69) is 6.07 Å². The van der Waals surface area contributed by atoms with E-state index in [9.17, 15) is 18.4 Å². The summed E-state index contributed by atoms with van der Waals surface area (Å²) in [6, 6.07) is 37.0. The zero-order valence-electron chi connectivity index (χ0n) is 20.1. The molecule has 1 nitrogen and oxygen atoms in total.